The molecule has 2 aromatic carbocycles. The Balaban J connectivity index is 2.20. The van der Waals surface area contributed by atoms with E-state index in [0.29, 0.717) is 6.61 Å². The molecule has 3 rings (SSSR count). The zero-order chi connectivity index (χ0) is 13.5. The van der Waals surface area contributed by atoms with Crippen LogP contribution in [-0.4, -0.2) is 17.7 Å². The van der Waals surface area contributed by atoms with Crippen molar-refractivity contribution >= 4 is 16.7 Å². The van der Waals surface area contributed by atoms with E-state index in [1.807, 2.05) is 31.2 Å². The quantitative estimate of drug-likeness (QED) is 0.898. The highest BCUT2D eigenvalue weighted by Crippen LogP contribution is 2.38. The van der Waals surface area contributed by atoms with E-state index in [9.17, 15) is 4.79 Å². The van der Waals surface area contributed by atoms with Crippen molar-refractivity contribution < 1.29 is 14.6 Å². The first-order valence-corrected chi connectivity index (χ1v) is 6.47. The summed E-state index contributed by atoms with van der Waals surface area (Å²) in [6.45, 7) is 2.44. The Morgan fingerprint density at radius 1 is 1.32 bits per heavy atom. The maximum Gasteiger partial charge on any atom is 0.306 e. The van der Waals surface area contributed by atoms with E-state index in [4.69, 9.17) is 9.84 Å². The lowest BCUT2D eigenvalue weighted by atomic mass is 9.83. The fourth-order valence-electron chi connectivity index (χ4n) is 2.99. The number of hydrogen-bond donors (Lipinski definition) is 1. The van der Waals surface area contributed by atoms with Crippen molar-refractivity contribution in [1.82, 2.24) is 0 Å². The average molecular weight is 256 g/mol. The lowest BCUT2D eigenvalue weighted by Gasteiger charge is -2.35. The maximum absolute atomic E-state index is 11.1. The van der Waals surface area contributed by atoms with E-state index in [1.165, 1.54) is 16.3 Å². The number of aliphatic carboxylic acids is 1. The first kappa shape index (κ1) is 12.2. The first-order valence-electron chi connectivity index (χ1n) is 6.47. The minimum Gasteiger partial charge on any atom is -0.481 e. The van der Waals surface area contributed by atoms with Gasteiger partial charge >= 0.3 is 5.97 Å². The van der Waals surface area contributed by atoms with Gasteiger partial charge in [-0.3, -0.25) is 4.79 Å². The number of carboxylic acids is 1. The molecule has 0 fully saturated rings. The van der Waals surface area contributed by atoms with Crippen LogP contribution in [0.2, 0.25) is 0 Å². The Morgan fingerprint density at radius 2 is 2.11 bits per heavy atom. The summed E-state index contributed by atoms with van der Waals surface area (Å²) in [4.78, 5) is 11.1. The van der Waals surface area contributed by atoms with Crippen LogP contribution < -0.4 is 0 Å². The molecular weight excluding hydrogens is 240 g/mol. The summed E-state index contributed by atoms with van der Waals surface area (Å²) in [6.07, 6.45) is 0.838. The molecule has 1 aliphatic rings. The number of hydrogen-bond acceptors (Lipinski definition) is 2. The molecule has 3 nitrogen and oxygen atoms in total. The van der Waals surface area contributed by atoms with Gasteiger partial charge in [0.05, 0.1) is 13.0 Å². The zero-order valence-electron chi connectivity index (χ0n) is 10.8. The van der Waals surface area contributed by atoms with Crippen molar-refractivity contribution in [3.05, 3.63) is 47.5 Å². The van der Waals surface area contributed by atoms with Crippen LogP contribution in [0.25, 0.3) is 10.8 Å². The summed E-state index contributed by atoms with van der Waals surface area (Å²) in [5.41, 5.74) is 1.52. The summed E-state index contributed by atoms with van der Waals surface area (Å²) >= 11 is 0. The highest BCUT2D eigenvalue weighted by molar-refractivity contribution is 5.87. The Labute approximate surface area is 111 Å². The summed E-state index contributed by atoms with van der Waals surface area (Å²) in [6, 6.07) is 12.3. The van der Waals surface area contributed by atoms with Crippen LogP contribution in [0.1, 0.15) is 24.5 Å². The van der Waals surface area contributed by atoms with E-state index in [1.54, 1.807) is 0 Å². The van der Waals surface area contributed by atoms with Gasteiger partial charge in [-0.15, -0.1) is 0 Å². The van der Waals surface area contributed by atoms with Gasteiger partial charge in [-0.05, 0) is 35.2 Å². The molecule has 98 valence electrons. The van der Waals surface area contributed by atoms with E-state index < -0.39 is 11.6 Å². The van der Waals surface area contributed by atoms with Crippen LogP contribution in [0.15, 0.2) is 36.4 Å². The van der Waals surface area contributed by atoms with Crippen molar-refractivity contribution in [1.29, 1.82) is 0 Å². The molecule has 1 N–H and O–H groups in total. The van der Waals surface area contributed by atoms with E-state index >= 15 is 0 Å². The van der Waals surface area contributed by atoms with Crippen LogP contribution in [-0.2, 0) is 21.6 Å². The van der Waals surface area contributed by atoms with Crippen LogP contribution in [0.4, 0.5) is 0 Å². The minimum absolute atomic E-state index is 0.00165. The van der Waals surface area contributed by atoms with Gasteiger partial charge in [0, 0.05) is 0 Å². The molecule has 0 saturated heterocycles. The fraction of sp³-hybridized carbons (Fsp3) is 0.312. The van der Waals surface area contributed by atoms with Crippen molar-refractivity contribution in [3.8, 4) is 0 Å². The largest absolute Gasteiger partial charge is 0.481 e. The third kappa shape index (κ3) is 2.00. The molecule has 1 unspecified atom stereocenters. The molecule has 1 aliphatic heterocycles. The van der Waals surface area contributed by atoms with Gasteiger partial charge in [0.1, 0.15) is 5.60 Å². The monoisotopic (exact) mass is 256 g/mol. The second-order valence-electron chi connectivity index (χ2n) is 5.21. The SMILES string of the molecule is CC1(CC(=O)O)OCCc2c1ccc1ccccc21. The molecule has 0 spiro atoms. The molecule has 19 heavy (non-hydrogen) atoms. The standard InChI is InChI=1S/C16H16O3/c1-16(10-15(17)18)14-7-6-11-4-2-3-5-12(11)13(14)8-9-19-16/h2-7H,8-10H2,1H3,(H,17,18). The van der Waals surface area contributed by atoms with Gasteiger partial charge in [-0.1, -0.05) is 36.4 Å². The topological polar surface area (TPSA) is 46.5 Å². The first-order chi connectivity index (χ1) is 9.10. The molecule has 3 heteroatoms. The number of carbonyl (C=O) groups is 1. The van der Waals surface area contributed by atoms with Crippen molar-refractivity contribution in [2.45, 2.75) is 25.4 Å². The number of fused-ring (bicyclic) bond motifs is 3. The number of carboxylic acid groups (broad SMARTS) is 1. The smallest absolute Gasteiger partial charge is 0.306 e. The van der Waals surface area contributed by atoms with Gasteiger partial charge in [0.15, 0.2) is 0 Å². The highest BCUT2D eigenvalue weighted by atomic mass is 16.5. The summed E-state index contributed by atoms with van der Waals surface area (Å²) in [7, 11) is 0. The summed E-state index contributed by atoms with van der Waals surface area (Å²) in [5.74, 6) is -0.830. The normalized spacial score (nSPS) is 22.2. The predicted molar refractivity (Wildman–Crippen MR) is 73.2 cm³/mol. The lowest BCUT2D eigenvalue weighted by molar-refractivity contribution is -0.146. The molecule has 0 aliphatic carbocycles. The second-order valence-corrected chi connectivity index (χ2v) is 5.21. The zero-order valence-corrected chi connectivity index (χ0v) is 10.8. The van der Waals surface area contributed by atoms with Crippen LogP contribution in [0, 0.1) is 0 Å². The second kappa shape index (κ2) is 4.35. The molecular formula is C16H16O3. The number of rotatable bonds is 2. The molecule has 0 bridgehead atoms. The van der Waals surface area contributed by atoms with Gasteiger partial charge in [0.25, 0.3) is 0 Å². The molecule has 1 heterocycles. The highest BCUT2D eigenvalue weighted by Gasteiger charge is 2.36. The third-order valence-electron chi connectivity index (χ3n) is 3.87. The molecule has 0 radical (unpaired) electrons. The van der Waals surface area contributed by atoms with Gasteiger partial charge in [-0.2, -0.15) is 0 Å². The Bertz CT molecular complexity index is 647. The third-order valence-corrected chi connectivity index (χ3v) is 3.87. The number of ether oxygens (including phenoxy) is 1. The maximum atomic E-state index is 11.1. The molecule has 0 aromatic heterocycles. The lowest BCUT2D eigenvalue weighted by Crippen LogP contribution is -2.35. The number of benzene rings is 2. The van der Waals surface area contributed by atoms with Gasteiger partial charge in [-0.25, -0.2) is 0 Å². The fourth-order valence-corrected chi connectivity index (χ4v) is 2.99. The van der Waals surface area contributed by atoms with Crippen molar-refractivity contribution in [2.24, 2.45) is 0 Å². The van der Waals surface area contributed by atoms with E-state index in [2.05, 4.69) is 12.1 Å². The van der Waals surface area contributed by atoms with E-state index in [0.717, 1.165) is 12.0 Å². The van der Waals surface area contributed by atoms with Crippen molar-refractivity contribution in [3.63, 3.8) is 0 Å². The summed E-state index contributed by atoms with van der Waals surface area (Å²) in [5, 5.41) is 11.5. The molecule has 0 amide bonds. The summed E-state index contributed by atoms with van der Waals surface area (Å²) < 4.78 is 5.77. The molecule has 1 atom stereocenters. The Hall–Kier alpha value is -1.87. The van der Waals surface area contributed by atoms with Crippen LogP contribution in [0.5, 0.6) is 0 Å². The van der Waals surface area contributed by atoms with Crippen LogP contribution >= 0.6 is 0 Å². The minimum atomic E-state index is -0.830. The van der Waals surface area contributed by atoms with Crippen molar-refractivity contribution in [2.75, 3.05) is 6.61 Å². The average Bonchev–Trinajstić information content (AvgIpc) is 2.37. The Kier molecular flexibility index (Phi) is 2.79. The molecule has 0 saturated carbocycles. The van der Waals surface area contributed by atoms with Gasteiger partial charge < -0.3 is 9.84 Å². The van der Waals surface area contributed by atoms with Crippen LogP contribution in [0.3, 0.4) is 0 Å². The predicted octanol–water partition coefficient (Wildman–Crippen LogP) is 3.10. The Morgan fingerprint density at radius 3 is 2.89 bits per heavy atom. The van der Waals surface area contributed by atoms with Gasteiger partial charge in [0.2, 0.25) is 0 Å². The van der Waals surface area contributed by atoms with E-state index in [-0.39, 0.29) is 6.42 Å². The molecule has 2 aromatic rings.